The molecule has 0 saturated carbocycles. The molecule has 1 aromatic heterocycles. The van der Waals surface area contributed by atoms with Gasteiger partial charge in [0.05, 0.1) is 36.5 Å². The minimum absolute atomic E-state index is 0.183. The van der Waals surface area contributed by atoms with E-state index in [1.54, 1.807) is 11.3 Å². The van der Waals surface area contributed by atoms with Crippen LogP contribution < -0.4 is 0 Å². The summed E-state index contributed by atoms with van der Waals surface area (Å²) in [6, 6.07) is 0.183. The van der Waals surface area contributed by atoms with Crippen LogP contribution >= 0.6 is 11.3 Å². The number of nitrogens with zero attached hydrogens (tertiary/aromatic N) is 3. The maximum absolute atomic E-state index is 12.4. The maximum atomic E-state index is 12.4. The first-order chi connectivity index (χ1) is 11.6. The number of ether oxygens (including phenoxy) is 2. The smallest absolute Gasteiger partial charge is 0.320 e. The lowest BCUT2D eigenvalue weighted by atomic mass is 9.85. The zero-order chi connectivity index (χ0) is 16.6. The van der Waals surface area contributed by atoms with E-state index in [0.29, 0.717) is 26.3 Å². The van der Waals surface area contributed by atoms with Crippen LogP contribution in [0.3, 0.4) is 0 Å². The highest BCUT2D eigenvalue weighted by atomic mass is 32.1. The van der Waals surface area contributed by atoms with Gasteiger partial charge in [-0.15, -0.1) is 11.3 Å². The number of rotatable bonds is 3. The molecular formula is C17H25N3O3S. The summed E-state index contributed by atoms with van der Waals surface area (Å²) in [6.07, 6.45) is 4.26. The molecule has 1 spiro atoms. The Bertz CT molecular complexity index is 594. The van der Waals surface area contributed by atoms with E-state index in [-0.39, 0.29) is 17.7 Å². The molecule has 7 heteroatoms. The SMILES string of the molecule is Cc1nc(CO[C@@H]2CCOC3(C2)CN(C(=O)N2CCCC2)C3)cs1. The van der Waals surface area contributed by atoms with E-state index in [0.717, 1.165) is 49.5 Å². The van der Waals surface area contributed by atoms with Crippen LogP contribution in [0.2, 0.25) is 0 Å². The van der Waals surface area contributed by atoms with Gasteiger partial charge in [-0.05, 0) is 26.2 Å². The molecule has 0 aromatic carbocycles. The second-order valence-electron chi connectivity index (χ2n) is 7.15. The van der Waals surface area contributed by atoms with Gasteiger partial charge < -0.3 is 19.3 Å². The Kier molecular flexibility index (Phi) is 4.49. The minimum Gasteiger partial charge on any atom is -0.372 e. The molecule has 0 unspecified atom stereocenters. The average Bonchev–Trinajstić information content (AvgIpc) is 3.22. The van der Waals surface area contributed by atoms with Gasteiger partial charge in [0.2, 0.25) is 0 Å². The lowest BCUT2D eigenvalue weighted by Crippen LogP contribution is -2.68. The van der Waals surface area contributed by atoms with Crippen molar-refractivity contribution in [1.29, 1.82) is 0 Å². The highest BCUT2D eigenvalue weighted by Gasteiger charge is 2.50. The van der Waals surface area contributed by atoms with Crippen LogP contribution in [0.1, 0.15) is 36.4 Å². The Balaban J connectivity index is 1.27. The molecule has 132 valence electrons. The van der Waals surface area contributed by atoms with Crippen LogP contribution in [0.5, 0.6) is 0 Å². The average molecular weight is 351 g/mol. The normalized spacial score (nSPS) is 26.0. The molecule has 0 N–H and O–H groups in total. The Morgan fingerprint density at radius 1 is 1.42 bits per heavy atom. The van der Waals surface area contributed by atoms with Crippen molar-refractivity contribution < 1.29 is 14.3 Å². The predicted molar refractivity (Wildman–Crippen MR) is 91.1 cm³/mol. The molecule has 6 nitrogen and oxygen atoms in total. The van der Waals surface area contributed by atoms with Crippen molar-refractivity contribution in [3.8, 4) is 0 Å². The molecule has 3 fully saturated rings. The van der Waals surface area contributed by atoms with E-state index >= 15 is 0 Å². The molecule has 24 heavy (non-hydrogen) atoms. The molecule has 4 heterocycles. The molecule has 3 saturated heterocycles. The maximum Gasteiger partial charge on any atom is 0.320 e. The summed E-state index contributed by atoms with van der Waals surface area (Å²) in [5.74, 6) is 0. The Morgan fingerprint density at radius 3 is 2.92 bits per heavy atom. The minimum atomic E-state index is -0.184. The standard InChI is InChI=1S/C17H25N3O3S/c1-13-18-14(10-24-13)9-22-15-4-7-23-17(8-15)11-20(12-17)16(21)19-5-2-3-6-19/h10,15H,2-9,11-12H2,1H3/t15-/m1/s1. The van der Waals surface area contributed by atoms with Gasteiger partial charge in [-0.25, -0.2) is 9.78 Å². The van der Waals surface area contributed by atoms with Crippen LogP contribution in [0.4, 0.5) is 4.79 Å². The molecule has 3 aliphatic heterocycles. The number of thiazole rings is 1. The fourth-order valence-electron chi connectivity index (χ4n) is 3.92. The van der Waals surface area contributed by atoms with E-state index in [4.69, 9.17) is 9.47 Å². The monoisotopic (exact) mass is 351 g/mol. The predicted octanol–water partition coefficient (Wildman–Crippen LogP) is 2.42. The number of urea groups is 1. The van der Waals surface area contributed by atoms with Crippen LogP contribution in [0.15, 0.2) is 5.38 Å². The third-order valence-corrected chi connectivity index (χ3v) is 6.01. The number of likely N-dealkylation sites (tertiary alicyclic amines) is 2. The second-order valence-corrected chi connectivity index (χ2v) is 8.21. The van der Waals surface area contributed by atoms with Gasteiger partial charge >= 0.3 is 6.03 Å². The third-order valence-electron chi connectivity index (χ3n) is 5.19. The van der Waals surface area contributed by atoms with Crippen molar-refractivity contribution in [2.24, 2.45) is 0 Å². The number of aryl methyl sites for hydroxylation is 1. The highest BCUT2D eigenvalue weighted by Crippen LogP contribution is 2.36. The summed E-state index contributed by atoms with van der Waals surface area (Å²) in [4.78, 5) is 20.7. The number of carbonyl (C=O) groups excluding carboxylic acids is 1. The Hall–Kier alpha value is -1.18. The van der Waals surface area contributed by atoms with Gasteiger partial charge in [0.1, 0.15) is 5.60 Å². The first-order valence-corrected chi connectivity index (χ1v) is 9.72. The number of carbonyl (C=O) groups is 1. The van der Waals surface area contributed by atoms with Gasteiger partial charge in [-0.3, -0.25) is 0 Å². The van der Waals surface area contributed by atoms with Crippen molar-refractivity contribution in [2.45, 2.75) is 50.9 Å². The lowest BCUT2D eigenvalue weighted by Gasteiger charge is -2.53. The first kappa shape index (κ1) is 16.3. The molecule has 1 atom stereocenters. The topological polar surface area (TPSA) is 54.9 Å². The van der Waals surface area contributed by atoms with Gasteiger partial charge in [0, 0.05) is 31.5 Å². The third kappa shape index (κ3) is 3.30. The number of aromatic nitrogens is 1. The second kappa shape index (κ2) is 6.61. The Labute approximate surface area is 146 Å². The largest absolute Gasteiger partial charge is 0.372 e. The molecule has 2 amide bonds. The summed E-state index contributed by atoms with van der Waals surface area (Å²) in [5.41, 5.74) is 0.827. The van der Waals surface area contributed by atoms with Crippen molar-refractivity contribution in [3.63, 3.8) is 0 Å². The number of amides is 2. The molecule has 4 rings (SSSR count). The summed E-state index contributed by atoms with van der Waals surface area (Å²) in [5, 5.41) is 3.14. The molecule has 0 radical (unpaired) electrons. The zero-order valence-electron chi connectivity index (χ0n) is 14.2. The van der Waals surface area contributed by atoms with Crippen molar-refractivity contribution >= 4 is 17.4 Å². The van der Waals surface area contributed by atoms with Crippen molar-refractivity contribution in [3.05, 3.63) is 16.1 Å². The molecule has 3 aliphatic rings. The lowest BCUT2D eigenvalue weighted by molar-refractivity contribution is -0.188. The zero-order valence-corrected chi connectivity index (χ0v) is 15.0. The summed E-state index contributed by atoms with van der Waals surface area (Å²) in [7, 11) is 0. The fourth-order valence-corrected chi connectivity index (χ4v) is 4.51. The van der Waals surface area contributed by atoms with Gasteiger partial charge in [-0.2, -0.15) is 0 Å². The van der Waals surface area contributed by atoms with E-state index in [9.17, 15) is 4.79 Å². The summed E-state index contributed by atoms with van der Waals surface area (Å²) < 4.78 is 12.1. The first-order valence-electron chi connectivity index (χ1n) is 8.84. The molecule has 0 aliphatic carbocycles. The van der Waals surface area contributed by atoms with Gasteiger partial charge in [0.25, 0.3) is 0 Å². The molecular weight excluding hydrogens is 326 g/mol. The molecule has 0 bridgehead atoms. The number of hydrogen-bond donors (Lipinski definition) is 0. The van der Waals surface area contributed by atoms with Crippen LogP contribution in [0, 0.1) is 6.92 Å². The van der Waals surface area contributed by atoms with E-state index in [1.807, 2.05) is 16.7 Å². The molecule has 1 aromatic rings. The van der Waals surface area contributed by atoms with Crippen LogP contribution in [0.25, 0.3) is 0 Å². The van der Waals surface area contributed by atoms with Crippen molar-refractivity contribution in [1.82, 2.24) is 14.8 Å². The van der Waals surface area contributed by atoms with Gasteiger partial charge in [-0.1, -0.05) is 0 Å². The van der Waals surface area contributed by atoms with E-state index < -0.39 is 0 Å². The quantitative estimate of drug-likeness (QED) is 0.839. The van der Waals surface area contributed by atoms with Crippen LogP contribution in [-0.4, -0.2) is 65.3 Å². The summed E-state index contributed by atoms with van der Waals surface area (Å²) in [6.45, 7) is 6.52. The highest BCUT2D eigenvalue weighted by molar-refractivity contribution is 7.09. The summed E-state index contributed by atoms with van der Waals surface area (Å²) >= 11 is 1.66. The van der Waals surface area contributed by atoms with Gasteiger partial charge in [0.15, 0.2) is 0 Å². The van der Waals surface area contributed by atoms with E-state index in [1.165, 1.54) is 0 Å². The van der Waals surface area contributed by atoms with E-state index in [2.05, 4.69) is 10.4 Å². The van der Waals surface area contributed by atoms with Crippen LogP contribution in [-0.2, 0) is 16.1 Å². The number of hydrogen-bond acceptors (Lipinski definition) is 5. The van der Waals surface area contributed by atoms with Crippen molar-refractivity contribution in [2.75, 3.05) is 32.8 Å². The fraction of sp³-hybridized carbons (Fsp3) is 0.765. The Morgan fingerprint density at radius 2 is 2.21 bits per heavy atom.